The largest absolute Gasteiger partial charge is 0.481 e. The maximum Gasteiger partial charge on any atom is 0.217 e. The van der Waals surface area contributed by atoms with Gasteiger partial charge in [-0.1, -0.05) is 11.6 Å². The van der Waals surface area contributed by atoms with Gasteiger partial charge >= 0.3 is 0 Å². The van der Waals surface area contributed by atoms with Gasteiger partial charge in [0.2, 0.25) is 5.88 Å². The lowest BCUT2D eigenvalue weighted by molar-refractivity contribution is 0.127. The zero-order valence-corrected chi connectivity index (χ0v) is 8.34. The van der Waals surface area contributed by atoms with E-state index in [-0.39, 0.29) is 0 Å². The third-order valence-electron chi connectivity index (χ3n) is 1.36. The van der Waals surface area contributed by atoms with Crippen molar-refractivity contribution in [2.75, 3.05) is 13.7 Å². The van der Waals surface area contributed by atoms with E-state index in [2.05, 4.69) is 9.97 Å². The number of nitrogens with zero attached hydrogens (tertiary/aromatic N) is 2. The first kappa shape index (κ1) is 10.2. The van der Waals surface area contributed by atoms with Crippen LogP contribution < -0.4 is 4.74 Å². The molecule has 4 nitrogen and oxygen atoms in total. The molecule has 13 heavy (non-hydrogen) atoms. The van der Waals surface area contributed by atoms with Gasteiger partial charge in [-0.15, -0.1) is 0 Å². The van der Waals surface area contributed by atoms with Gasteiger partial charge in [-0.05, 0) is 6.92 Å². The van der Waals surface area contributed by atoms with Crippen LogP contribution in [0.15, 0.2) is 6.07 Å². The Labute approximate surface area is 81.9 Å². The van der Waals surface area contributed by atoms with E-state index in [0.717, 1.165) is 0 Å². The van der Waals surface area contributed by atoms with Crippen molar-refractivity contribution < 1.29 is 9.47 Å². The predicted octanol–water partition coefficient (Wildman–Crippen LogP) is 1.68. The van der Waals surface area contributed by atoms with Crippen LogP contribution in [0, 0.1) is 0 Å². The monoisotopic (exact) mass is 202 g/mol. The van der Waals surface area contributed by atoms with Crippen molar-refractivity contribution in [2.24, 2.45) is 0 Å². The van der Waals surface area contributed by atoms with Gasteiger partial charge in [0.05, 0.1) is 7.11 Å². The summed E-state index contributed by atoms with van der Waals surface area (Å²) in [6.45, 7) is 2.88. The number of halogens is 1. The summed E-state index contributed by atoms with van der Waals surface area (Å²) in [5.41, 5.74) is 0. The minimum absolute atomic E-state index is 0.355. The second-order valence-corrected chi connectivity index (χ2v) is 2.67. The predicted molar refractivity (Wildman–Crippen MR) is 48.9 cm³/mol. The number of hydrogen-bond acceptors (Lipinski definition) is 4. The zero-order chi connectivity index (χ0) is 9.68. The van der Waals surface area contributed by atoms with E-state index in [4.69, 9.17) is 21.1 Å². The highest BCUT2D eigenvalue weighted by molar-refractivity contribution is 6.29. The Morgan fingerprint density at radius 3 is 2.85 bits per heavy atom. The summed E-state index contributed by atoms with van der Waals surface area (Å²) in [5.74, 6) is 0.987. The van der Waals surface area contributed by atoms with E-state index in [1.165, 1.54) is 7.11 Å². The Morgan fingerprint density at radius 1 is 1.46 bits per heavy atom. The zero-order valence-electron chi connectivity index (χ0n) is 7.58. The third kappa shape index (κ3) is 3.16. The average molecular weight is 203 g/mol. The van der Waals surface area contributed by atoms with Gasteiger partial charge < -0.3 is 9.47 Å². The molecule has 1 aromatic rings. The Balaban J connectivity index is 2.76. The number of ether oxygens (including phenoxy) is 2. The summed E-state index contributed by atoms with van der Waals surface area (Å²) >= 11 is 5.72. The normalized spacial score (nSPS) is 10.1. The maximum absolute atomic E-state index is 5.72. The Hall–Kier alpha value is -0.870. The molecular formula is C8H11ClN2O2. The lowest BCUT2D eigenvalue weighted by atomic mass is 10.5. The SMILES string of the molecule is CCOCc1nc(Cl)cc(OC)n1. The summed E-state index contributed by atoms with van der Waals surface area (Å²) < 4.78 is 10.1. The fourth-order valence-electron chi connectivity index (χ4n) is 0.804. The lowest BCUT2D eigenvalue weighted by Crippen LogP contribution is -2.00. The van der Waals surface area contributed by atoms with Crippen LogP contribution in [0.5, 0.6) is 5.88 Å². The van der Waals surface area contributed by atoms with E-state index in [9.17, 15) is 0 Å². The van der Waals surface area contributed by atoms with Crippen LogP contribution in [0.4, 0.5) is 0 Å². The molecule has 0 radical (unpaired) electrons. The van der Waals surface area contributed by atoms with Gasteiger partial charge in [0, 0.05) is 12.7 Å². The molecule has 0 spiro atoms. The number of methoxy groups -OCH3 is 1. The van der Waals surface area contributed by atoms with Crippen LogP contribution in [0.2, 0.25) is 5.15 Å². The summed E-state index contributed by atoms with van der Waals surface area (Å²) in [7, 11) is 1.53. The van der Waals surface area contributed by atoms with Crippen LogP contribution >= 0.6 is 11.6 Å². The summed E-state index contributed by atoms with van der Waals surface area (Å²) in [6.07, 6.45) is 0. The van der Waals surface area contributed by atoms with Crippen LogP contribution in [-0.2, 0) is 11.3 Å². The summed E-state index contributed by atoms with van der Waals surface area (Å²) in [4.78, 5) is 8.02. The molecule has 0 aliphatic rings. The van der Waals surface area contributed by atoms with Gasteiger partial charge in [0.15, 0.2) is 5.82 Å². The highest BCUT2D eigenvalue weighted by atomic mass is 35.5. The van der Waals surface area contributed by atoms with Gasteiger partial charge in [-0.25, -0.2) is 4.98 Å². The molecule has 0 saturated carbocycles. The van der Waals surface area contributed by atoms with Gasteiger partial charge in [0.25, 0.3) is 0 Å². The molecule has 1 heterocycles. The van der Waals surface area contributed by atoms with Crippen molar-refractivity contribution >= 4 is 11.6 Å². The first-order valence-electron chi connectivity index (χ1n) is 3.91. The van der Waals surface area contributed by atoms with E-state index >= 15 is 0 Å². The summed E-state index contributed by atoms with van der Waals surface area (Å²) in [5, 5.41) is 0.363. The van der Waals surface area contributed by atoms with E-state index < -0.39 is 0 Å². The highest BCUT2D eigenvalue weighted by Crippen LogP contribution is 2.13. The van der Waals surface area contributed by atoms with E-state index in [1.54, 1.807) is 6.07 Å². The first-order valence-corrected chi connectivity index (χ1v) is 4.29. The minimum Gasteiger partial charge on any atom is -0.481 e. The third-order valence-corrected chi connectivity index (χ3v) is 1.56. The lowest BCUT2D eigenvalue weighted by Gasteiger charge is -2.03. The van der Waals surface area contributed by atoms with Crippen molar-refractivity contribution in [3.05, 3.63) is 17.0 Å². The molecule has 0 fully saturated rings. The van der Waals surface area contributed by atoms with Crippen LogP contribution in [0.3, 0.4) is 0 Å². The standard InChI is InChI=1S/C8H11ClN2O2/c1-3-13-5-7-10-6(9)4-8(11-7)12-2/h4H,3,5H2,1-2H3. The molecule has 0 atom stereocenters. The second kappa shape index (κ2) is 4.99. The van der Waals surface area contributed by atoms with Crippen LogP contribution in [-0.4, -0.2) is 23.7 Å². The Bertz CT molecular complexity index is 281. The number of aromatic nitrogens is 2. The molecule has 72 valence electrons. The number of rotatable bonds is 4. The molecule has 0 saturated heterocycles. The molecule has 0 aliphatic heterocycles. The van der Waals surface area contributed by atoms with Crippen molar-refractivity contribution in [1.29, 1.82) is 0 Å². The smallest absolute Gasteiger partial charge is 0.217 e. The van der Waals surface area contributed by atoms with Gasteiger partial charge in [-0.3, -0.25) is 0 Å². The molecule has 0 aromatic carbocycles. The molecular weight excluding hydrogens is 192 g/mol. The van der Waals surface area contributed by atoms with Gasteiger partial charge in [-0.2, -0.15) is 4.98 Å². The van der Waals surface area contributed by atoms with Crippen molar-refractivity contribution in [2.45, 2.75) is 13.5 Å². The topological polar surface area (TPSA) is 44.2 Å². The molecule has 0 N–H and O–H groups in total. The average Bonchev–Trinajstić information content (AvgIpc) is 2.14. The first-order chi connectivity index (χ1) is 6.26. The fraction of sp³-hybridized carbons (Fsp3) is 0.500. The summed E-state index contributed by atoms with van der Waals surface area (Å²) in [6, 6.07) is 1.55. The van der Waals surface area contributed by atoms with Crippen molar-refractivity contribution in [1.82, 2.24) is 9.97 Å². The molecule has 0 aliphatic carbocycles. The van der Waals surface area contributed by atoms with Crippen molar-refractivity contribution in [3.63, 3.8) is 0 Å². The molecule has 1 aromatic heterocycles. The molecule has 0 bridgehead atoms. The fourth-order valence-corrected chi connectivity index (χ4v) is 0.995. The Kier molecular flexibility index (Phi) is 3.92. The molecule has 5 heteroatoms. The van der Waals surface area contributed by atoms with E-state index in [0.29, 0.717) is 30.1 Å². The second-order valence-electron chi connectivity index (χ2n) is 2.29. The van der Waals surface area contributed by atoms with Gasteiger partial charge in [0.1, 0.15) is 11.8 Å². The Morgan fingerprint density at radius 2 is 2.23 bits per heavy atom. The van der Waals surface area contributed by atoms with Crippen LogP contribution in [0.25, 0.3) is 0 Å². The quantitative estimate of drug-likeness (QED) is 0.697. The minimum atomic E-state index is 0.355. The maximum atomic E-state index is 5.72. The molecule has 1 rings (SSSR count). The van der Waals surface area contributed by atoms with Crippen molar-refractivity contribution in [3.8, 4) is 5.88 Å². The molecule has 0 amide bonds. The van der Waals surface area contributed by atoms with E-state index in [1.807, 2.05) is 6.92 Å². The number of hydrogen-bond donors (Lipinski definition) is 0. The van der Waals surface area contributed by atoms with Crippen LogP contribution in [0.1, 0.15) is 12.7 Å². The molecule has 0 unspecified atom stereocenters. The highest BCUT2D eigenvalue weighted by Gasteiger charge is 2.02.